The van der Waals surface area contributed by atoms with Gasteiger partial charge in [-0.15, -0.1) is 0 Å². The van der Waals surface area contributed by atoms with Crippen LogP contribution >= 0.6 is 11.8 Å². The minimum atomic E-state index is -1.27. The number of hydrogen-bond donors (Lipinski definition) is 7. The Labute approximate surface area is 203 Å². The largest absolute Gasteiger partial charge is 0.481 e. The van der Waals surface area contributed by atoms with Gasteiger partial charge in [0.1, 0.15) is 18.1 Å². The van der Waals surface area contributed by atoms with E-state index in [0.29, 0.717) is 44.5 Å². The Hall–Kier alpha value is -2.38. The SMILES string of the molecule is CSCC[C@H](NC(=O)[C@@H]1CCCN1)C(=O)N[C@@H](CCC(=O)O)C(=O)N[C@@H](CCCCN)C(=O)O. The zero-order valence-corrected chi connectivity index (χ0v) is 20.3. The molecule has 0 radical (unpaired) electrons. The summed E-state index contributed by atoms with van der Waals surface area (Å²) in [5.41, 5.74) is 5.43. The summed E-state index contributed by atoms with van der Waals surface area (Å²) in [5.74, 6) is -3.54. The zero-order chi connectivity index (χ0) is 25.5. The van der Waals surface area contributed by atoms with E-state index in [1.165, 1.54) is 11.8 Å². The number of aliphatic carboxylic acids is 2. The van der Waals surface area contributed by atoms with Crippen LogP contribution in [0.2, 0.25) is 0 Å². The van der Waals surface area contributed by atoms with Crippen LogP contribution in [0, 0.1) is 0 Å². The number of amides is 3. The summed E-state index contributed by atoms with van der Waals surface area (Å²) in [7, 11) is 0. The summed E-state index contributed by atoms with van der Waals surface area (Å²) < 4.78 is 0. The first-order chi connectivity index (χ1) is 16.2. The van der Waals surface area contributed by atoms with Crippen molar-refractivity contribution >= 4 is 41.4 Å². The predicted molar refractivity (Wildman–Crippen MR) is 127 cm³/mol. The topological polar surface area (TPSA) is 200 Å². The lowest BCUT2D eigenvalue weighted by Gasteiger charge is -2.25. The summed E-state index contributed by atoms with van der Waals surface area (Å²) in [6.45, 7) is 1.10. The van der Waals surface area contributed by atoms with Crippen molar-refractivity contribution < 1.29 is 34.2 Å². The molecular weight excluding hydrogens is 466 g/mol. The molecule has 0 saturated carbocycles. The van der Waals surface area contributed by atoms with E-state index in [1.54, 1.807) is 0 Å². The maximum atomic E-state index is 13.0. The number of unbranched alkanes of at least 4 members (excludes halogenated alkanes) is 1. The highest BCUT2D eigenvalue weighted by molar-refractivity contribution is 7.98. The van der Waals surface area contributed by atoms with Gasteiger partial charge in [-0.05, 0) is 70.0 Å². The Bertz CT molecular complexity index is 703. The molecule has 8 N–H and O–H groups in total. The van der Waals surface area contributed by atoms with Crippen molar-refractivity contribution in [1.29, 1.82) is 0 Å². The van der Waals surface area contributed by atoms with Crippen molar-refractivity contribution in [1.82, 2.24) is 21.3 Å². The van der Waals surface area contributed by atoms with Crippen molar-refractivity contribution in [3.8, 4) is 0 Å². The second-order valence-electron chi connectivity index (χ2n) is 8.17. The summed E-state index contributed by atoms with van der Waals surface area (Å²) in [5, 5.41) is 29.1. The van der Waals surface area contributed by atoms with Gasteiger partial charge in [0, 0.05) is 6.42 Å². The smallest absolute Gasteiger partial charge is 0.326 e. The highest BCUT2D eigenvalue weighted by Gasteiger charge is 2.31. The molecule has 13 heteroatoms. The molecule has 0 aliphatic carbocycles. The van der Waals surface area contributed by atoms with Gasteiger partial charge in [0.05, 0.1) is 6.04 Å². The quantitative estimate of drug-likeness (QED) is 0.121. The molecule has 1 fully saturated rings. The molecular formula is C21H37N5O7S. The van der Waals surface area contributed by atoms with E-state index in [2.05, 4.69) is 21.3 Å². The fourth-order valence-electron chi connectivity index (χ4n) is 3.52. The van der Waals surface area contributed by atoms with Gasteiger partial charge < -0.3 is 37.2 Å². The molecule has 1 rings (SSSR count). The van der Waals surface area contributed by atoms with Crippen LogP contribution in [-0.2, 0) is 24.0 Å². The van der Waals surface area contributed by atoms with Crippen LogP contribution in [-0.4, -0.2) is 89.1 Å². The van der Waals surface area contributed by atoms with Gasteiger partial charge >= 0.3 is 11.9 Å². The lowest BCUT2D eigenvalue weighted by atomic mass is 10.1. The molecule has 1 aliphatic heterocycles. The summed E-state index contributed by atoms with van der Waals surface area (Å²) in [4.78, 5) is 60.9. The van der Waals surface area contributed by atoms with E-state index in [4.69, 9.17) is 10.8 Å². The van der Waals surface area contributed by atoms with Gasteiger partial charge in [0.15, 0.2) is 0 Å². The molecule has 0 aromatic heterocycles. The Morgan fingerprint density at radius 3 is 2.15 bits per heavy atom. The monoisotopic (exact) mass is 503 g/mol. The maximum absolute atomic E-state index is 13.0. The van der Waals surface area contributed by atoms with Crippen molar-refractivity contribution in [3.63, 3.8) is 0 Å². The van der Waals surface area contributed by atoms with Crippen molar-refractivity contribution in [2.75, 3.05) is 25.1 Å². The molecule has 1 aliphatic rings. The number of thioether (sulfide) groups is 1. The predicted octanol–water partition coefficient (Wildman–Crippen LogP) is -0.976. The van der Waals surface area contributed by atoms with Crippen molar-refractivity contribution in [2.45, 2.75) is 75.5 Å². The Morgan fingerprint density at radius 2 is 1.62 bits per heavy atom. The number of carbonyl (C=O) groups is 5. The number of hydrogen-bond acceptors (Lipinski definition) is 8. The van der Waals surface area contributed by atoms with E-state index in [9.17, 15) is 29.1 Å². The van der Waals surface area contributed by atoms with E-state index in [-0.39, 0.29) is 24.8 Å². The third-order valence-electron chi connectivity index (χ3n) is 5.46. The van der Waals surface area contributed by atoms with Crippen LogP contribution in [0.4, 0.5) is 0 Å². The lowest BCUT2D eigenvalue weighted by Crippen LogP contribution is -2.57. The summed E-state index contributed by atoms with van der Waals surface area (Å²) in [6, 6.07) is -3.76. The third kappa shape index (κ3) is 11.2. The summed E-state index contributed by atoms with van der Waals surface area (Å²) in [6.07, 6.45) is 4.28. The van der Waals surface area contributed by atoms with Crippen molar-refractivity contribution in [3.05, 3.63) is 0 Å². The molecule has 3 amide bonds. The molecule has 0 aromatic carbocycles. The minimum absolute atomic E-state index is 0.151. The standard InChI is InChI=1S/C21H37N5O7S/c1-34-12-9-15(25-18(29)13-6-4-11-23-13)20(31)24-14(7-8-17(27)28)19(30)26-16(21(32)33)5-2-3-10-22/h13-16,23H,2-12,22H2,1H3,(H,24,31)(H,25,29)(H,26,30)(H,27,28)(H,32,33)/t13-,14-,15-,16-/m0/s1. The second kappa shape index (κ2) is 16.3. The third-order valence-corrected chi connectivity index (χ3v) is 6.11. The molecule has 34 heavy (non-hydrogen) atoms. The fourth-order valence-corrected chi connectivity index (χ4v) is 3.99. The fraction of sp³-hybridized carbons (Fsp3) is 0.762. The first kappa shape index (κ1) is 29.7. The second-order valence-corrected chi connectivity index (χ2v) is 9.15. The maximum Gasteiger partial charge on any atom is 0.326 e. The highest BCUT2D eigenvalue weighted by Crippen LogP contribution is 2.09. The van der Waals surface area contributed by atoms with E-state index in [1.807, 2.05) is 6.26 Å². The van der Waals surface area contributed by atoms with E-state index >= 15 is 0 Å². The molecule has 1 heterocycles. The molecule has 194 valence electrons. The number of rotatable bonds is 17. The number of nitrogens with two attached hydrogens (primary N) is 1. The average molecular weight is 504 g/mol. The Kier molecular flexibility index (Phi) is 14.2. The first-order valence-corrected chi connectivity index (χ1v) is 12.9. The number of carbonyl (C=O) groups excluding carboxylic acids is 3. The molecule has 0 spiro atoms. The minimum Gasteiger partial charge on any atom is -0.481 e. The van der Waals surface area contributed by atoms with Gasteiger partial charge in [0.2, 0.25) is 17.7 Å². The number of carboxylic acids is 2. The van der Waals surface area contributed by atoms with Crippen LogP contribution in [0.25, 0.3) is 0 Å². The normalized spacial score (nSPS) is 17.9. The number of carboxylic acid groups (broad SMARTS) is 2. The van der Waals surface area contributed by atoms with Crippen LogP contribution < -0.4 is 27.0 Å². The number of nitrogens with one attached hydrogen (secondary N) is 4. The Morgan fingerprint density at radius 1 is 0.971 bits per heavy atom. The van der Waals surface area contributed by atoms with Crippen molar-refractivity contribution in [2.24, 2.45) is 5.73 Å². The molecule has 4 atom stereocenters. The molecule has 0 bridgehead atoms. The molecule has 1 saturated heterocycles. The van der Waals surface area contributed by atoms with Crippen LogP contribution in [0.5, 0.6) is 0 Å². The first-order valence-electron chi connectivity index (χ1n) is 11.5. The Balaban J connectivity index is 2.89. The average Bonchev–Trinajstić information content (AvgIpc) is 3.33. The van der Waals surface area contributed by atoms with Gasteiger partial charge in [-0.1, -0.05) is 0 Å². The molecule has 0 aromatic rings. The lowest BCUT2D eigenvalue weighted by molar-refractivity contribution is -0.143. The molecule has 0 unspecified atom stereocenters. The van der Waals surface area contributed by atoms with Gasteiger partial charge in [0.25, 0.3) is 0 Å². The zero-order valence-electron chi connectivity index (χ0n) is 19.5. The van der Waals surface area contributed by atoms with Crippen LogP contribution in [0.3, 0.4) is 0 Å². The van der Waals surface area contributed by atoms with Crippen LogP contribution in [0.1, 0.15) is 51.4 Å². The highest BCUT2D eigenvalue weighted by atomic mass is 32.2. The van der Waals surface area contributed by atoms with Crippen LogP contribution in [0.15, 0.2) is 0 Å². The van der Waals surface area contributed by atoms with E-state index in [0.717, 1.165) is 6.42 Å². The molecule has 12 nitrogen and oxygen atoms in total. The van der Waals surface area contributed by atoms with Gasteiger partial charge in [-0.3, -0.25) is 19.2 Å². The van der Waals surface area contributed by atoms with E-state index < -0.39 is 48.3 Å². The summed E-state index contributed by atoms with van der Waals surface area (Å²) >= 11 is 1.49. The van der Waals surface area contributed by atoms with Gasteiger partial charge in [-0.2, -0.15) is 11.8 Å². The van der Waals surface area contributed by atoms with Gasteiger partial charge in [-0.25, -0.2) is 4.79 Å².